The molecule has 1 saturated heterocycles. The smallest absolute Gasteiger partial charge is 0.338 e. The highest BCUT2D eigenvalue weighted by Crippen LogP contribution is 2.21. The molecule has 11 heteroatoms. The first-order chi connectivity index (χ1) is 13.8. The molecular weight excluding hydrogens is 400 g/mol. The molecule has 2 heterocycles. The van der Waals surface area contributed by atoms with E-state index in [-0.39, 0.29) is 49.1 Å². The van der Waals surface area contributed by atoms with Crippen molar-refractivity contribution in [2.75, 3.05) is 32.8 Å². The molecule has 0 aliphatic carbocycles. The van der Waals surface area contributed by atoms with Crippen molar-refractivity contribution in [3.63, 3.8) is 0 Å². The molecule has 0 spiro atoms. The molecule has 2 aromatic rings. The Balaban J connectivity index is 1.58. The van der Waals surface area contributed by atoms with Gasteiger partial charge in [0.25, 0.3) is 0 Å². The van der Waals surface area contributed by atoms with E-state index in [0.29, 0.717) is 12.4 Å². The Morgan fingerprint density at radius 1 is 1.14 bits per heavy atom. The molecule has 1 aliphatic rings. The number of ether oxygens (including phenoxy) is 1. The van der Waals surface area contributed by atoms with E-state index in [9.17, 15) is 18.0 Å². The van der Waals surface area contributed by atoms with Gasteiger partial charge in [0.15, 0.2) is 0 Å². The Bertz CT molecular complexity index is 978. The highest BCUT2D eigenvalue weighted by Gasteiger charge is 2.30. The number of nitrogens with zero attached hydrogens (tertiary/aromatic N) is 4. The first-order valence-corrected chi connectivity index (χ1v) is 10.5. The molecular formula is C18H22N4O6S. The van der Waals surface area contributed by atoms with Gasteiger partial charge in [0, 0.05) is 32.4 Å². The summed E-state index contributed by atoms with van der Waals surface area (Å²) in [7, 11) is -3.65. The molecule has 0 bridgehead atoms. The van der Waals surface area contributed by atoms with Crippen LogP contribution in [0.2, 0.25) is 0 Å². The summed E-state index contributed by atoms with van der Waals surface area (Å²) in [5.74, 6) is -0.758. The number of aromatic nitrogens is 2. The van der Waals surface area contributed by atoms with Gasteiger partial charge in [-0.05, 0) is 31.2 Å². The minimum Gasteiger partial charge on any atom is -0.494 e. The Labute approximate surface area is 168 Å². The minimum atomic E-state index is -3.65. The lowest BCUT2D eigenvalue weighted by Crippen LogP contribution is -2.51. The van der Waals surface area contributed by atoms with Crippen LogP contribution >= 0.6 is 0 Å². The number of aromatic carboxylic acids is 1. The average molecular weight is 422 g/mol. The number of piperazine rings is 1. The molecule has 156 valence electrons. The van der Waals surface area contributed by atoms with Gasteiger partial charge in [-0.25, -0.2) is 13.2 Å². The molecule has 0 atom stereocenters. The summed E-state index contributed by atoms with van der Waals surface area (Å²) < 4.78 is 33.5. The fourth-order valence-electron chi connectivity index (χ4n) is 3.00. The van der Waals surface area contributed by atoms with Crippen LogP contribution in [0.3, 0.4) is 0 Å². The van der Waals surface area contributed by atoms with E-state index in [0.717, 1.165) is 0 Å². The second-order valence-electron chi connectivity index (χ2n) is 6.42. The van der Waals surface area contributed by atoms with Crippen LogP contribution in [0.15, 0.2) is 41.6 Å². The van der Waals surface area contributed by atoms with Crippen molar-refractivity contribution in [3.8, 4) is 5.75 Å². The van der Waals surface area contributed by atoms with Crippen molar-refractivity contribution in [1.29, 1.82) is 0 Å². The lowest BCUT2D eigenvalue weighted by Gasteiger charge is -2.34. The van der Waals surface area contributed by atoms with E-state index in [4.69, 9.17) is 9.84 Å². The van der Waals surface area contributed by atoms with Gasteiger partial charge in [-0.3, -0.25) is 9.48 Å². The van der Waals surface area contributed by atoms with Crippen molar-refractivity contribution < 1.29 is 27.9 Å². The number of carboxylic acids is 1. The maximum Gasteiger partial charge on any atom is 0.338 e. The molecule has 1 aromatic carbocycles. The zero-order chi connectivity index (χ0) is 21.0. The summed E-state index contributed by atoms with van der Waals surface area (Å²) in [4.78, 5) is 25.0. The summed E-state index contributed by atoms with van der Waals surface area (Å²) in [6.07, 6.45) is 2.46. The standard InChI is InChI=1S/C18H22N4O6S/c1-2-28-15-3-5-16(6-4-15)29(26,27)22-9-7-20(8-10-22)17(23)13-21-12-14(11-19-21)18(24)25/h3-6,11-12H,2,7-10,13H2,1H3,(H,24,25). The quantitative estimate of drug-likeness (QED) is 0.690. The molecule has 1 fully saturated rings. The van der Waals surface area contributed by atoms with Gasteiger partial charge >= 0.3 is 5.97 Å². The zero-order valence-corrected chi connectivity index (χ0v) is 16.7. The molecule has 0 unspecified atom stereocenters. The van der Waals surface area contributed by atoms with Gasteiger partial charge in [0.05, 0.1) is 23.3 Å². The SMILES string of the molecule is CCOc1ccc(S(=O)(=O)N2CCN(C(=O)Cn3cc(C(=O)O)cn3)CC2)cc1. The van der Waals surface area contributed by atoms with E-state index in [1.807, 2.05) is 6.92 Å². The van der Waals surface area contributed by atoms with Crippen LogP contribution in [0.25, 0.3) is 0 Å². The summed E-state index contributed by atoms with van der Waals surface area (Å²) >= 11 is 0. The largest absolute Gasteiger partial charge is 0.494 e. The number of sulfonamides is 1. The first-order valence-electron chi connectivity index (χ1n) is 9.08. The maximum atomic E-state index is 12.8. The normalized spacial score (nSPS) is 15.3. The number of carboxylic acid groups (broad SMARTS) is 1. The highest BCUT2D eigenvalue weighted by molar-refractivity contribution is 7.89. The Morgan fingerprint density at radius 2 is 1.79 bits per heavy atom. The highest BCUT2D eigenvalue weighted by atomic mass is 32.2. The van der Waals surface area contributed by atoms with E-state index >= 15 is 0 Å². The molecule has 3 rings (SSSR count). The van der Waals surface area contributed by atoms with Crippen molar-refractivity contribution >= 4 is 21.9 Å². The third-order valence-electron chi connectivity index (χ3n) is 4.54. The monoisotopic (exact) mass is 422 g/mol. The van der Waals surface area contributed by atoms with Crippen LogP contribution in [0.5, 0.6) is 5.75 Å². The number of carbonyl (C=O) groups excluding carboxylic acids is 1. The number of hydrogen-bond donors (Lipinski definition) is 1. The van der Waals surface area contributed by atoms with Gasteiger partial charge in [-0.1, -0.05) is 0 Å². The van der Waals surface area contributed by atoms with E-state index in [1.54, 1.807) is 17.0 Å². The topological polar surface area (TPSA) is 122 Å². The molecule has 0 saturated carbocycles. The first kappa shape index (κ1) is 20.8. The summed E-state index contributed by atoms with van der Waals surface area (Å²) in [5.41, 5.74) is 0.00377. The Morgan fingerprint density at radius 3 is 2.34 bits per heavy atom. The minimum absolute atomic E-state index is 0.00377. The van der Waals surface area contributed by atoms with Crippen LogP contribution in [0.4, 0.5) is 0 Å². The van der Waals surface area contributed by atoms with Gasteiger partial charge < -0.3 is 14.7 Å². The summed E-state index contributed by atoms with van der Waals surface area (Å²) in [5, 5.41) is 12.8. The molecule has 1 N–H and O–H groups in total. The number of carbonyl (C=O) groups is 2. The molecule has 1 aliphatic heterocycles. The predicted octanol–water partition coefficient (Wildman–Crippen LogP) is 0.513. The number of hydrogen-bond acceptors (Lipinski definition) is 6. The van der Waals surface area contributed by atoms with Crippen LogP contribution in [-0.4, -0.2) is 77.2 Å². The van der Waals surface area contributed by atoms with Gasteiger partial charge in [0.1, 0.15) is 12.3 Å². The number of benzene rings is 1. The zero-order valence-electron chi connectivity index (χ0n) is 15.9. The predicted molar refractivity (Wildman–Crippen MR) is 102 cm³/mol. The summed E-state index contributed by atoms with van der Waals surface area (Å²) in [6, 6.07) is 6.25. The third-order valence-corrected chi connectivity index (χ3v) is 6.45. The second kappa shape index (κ2) is 8.62. The molecule has 10 nitrogen and oxygen atoms in total. The second-order valence-corrected chi connectivity index (χ2v) is 8.36. The van der Waals surface area contributed by atoms with E-state index in [1.165, 1.54) is 33.5 Å². The van der Waals surface area contributed by atoms with Crippen molar-refractivity contribution in [3.05, 3.63) is 42.2 Å². The Hall–Kier alpha value is -2.92. The average Bonchev–Trinajstić information content (AvgIpc) is 3.17. The van der Waals surface area contributed by atoms with E-state index in [2.05, 4.69) is 5.10 Å². The molecule has 1 aromatic heterocycles. The van der Waals surface area contributed by atoms with E-state index < -0.39 is 16.0 Å². The number of amides is 1. The van der Waals surface area contributed by atoms with Crippen LogP contribution < -0.4 is 4.74 Å². The lowest BCUT2D eigenvalue weighted by molar-refractivity contribution is -0.133. The van der Waals surface area contributed by atoms with Crippen LogP contribution in [-0.2, 0) is 21.4 Å². The van der Waals surface area contributed by atoms with Gasteiger partial charge in [-0.2, -0.15) is 9.40 Å². The van der Waals surface area contributed by atoms with Crippen LogP contribution in [0, 0.1) is 0 Å². The Kier molecular flexibility index (Phi) is 6.18. The van der Waals surface area contributed by atoms with Crippen molar-refractivity contribution in [2.24, 2.45) is 0 Å². The lowest BCUT2D eigenvalue weighted by atomic mass is 10.3. The summed E-state index contributed by atoms with van der Waals surface area (Å²) in [6.45, 7) is 3.12. The van der Waals surface area contributed by atoms with Gasteiger partial charge in [-0.15, -0.1) is 0 Å². The fourth-order valence-corrected chi connectivity index (χ4v) is 4.42. The van der Waals surface area contributed by atoms with Crippen molar-refractivity contribution in [2.45, 2.75) is 18.4 Å². The molecule has 29 heavy (non-hydrogen) atoms. The third kappa shape index (κ3) is 4.74. The maximum absolute atomic E-state index is 12.8. The number of rotatable bonds is 7. The molecule has 1 amide bonds. The van der Waals surface area contributed by atoms with Crippen molar-refractivity contribution in [1.82, 2.24) is 19.0 Å². The van der Waals surface area contributed by atoms with Gasteiger partial charge in [0.2, 0.25) is 15.9 Å². The fraction of sp³-hybridized carbons (Fsp3) is 0.389. The molecule has 0 radical (unpaired) electrons. The van der Waals surface area contributed by atoms with Crippen LogP contribution in [0.1, 0.15) is 17.3 Å².